The van der Waals surface area contributed by atoms with E-state index in [2.05, 4.69) is 9.97 Å². The van der Waals surface area contributed by atoms with E-state index >= 15 is 0 Å². The number of nitrogens with zero attached hydrogens (tertiary/aromatic N) is 2. The minimum atomic E-state index is -4.04. The number of methoxy groups -OCH3 is 2. The fourth-order valence-electron chi connectivity index (χ4n) is 1.73. The highest BCUT2D eigenvalue weighted by molar-refractivity contribution is 7.86. The second-order valence-corrected chi connectivity index (χ2v) is 6.51. The molecule has 0 amide bonds. The number of hydrogen-bond acceptors (Lipinski definition) is 7. The van der Waals surface area contributed by atoms with Gasteiger partial charge in [0, 0.05) is 0 Å². The van der Waals surface area contributed by atoms with Gasteiger partial charge in [-0.05, 0) is 24.6 Å². The van der Waals surface area contributed by atoms with E-state index < -0.39 is 10.1 Å². The molecule has 0 N–H and O–H groups in total. The first-order valence-electron chi connectivity index (χ1n) is 6.47. The van der Waals surface area contributed by atoms with Gasteiger partial charge in [0.15, 0.2) is 5.82 Å². The normalized spacial score (nSPS) is 11.3. The SMILES string of the molecule is COc1cc(OC)nc(COS(=O)(=O)c2ccc(C)cc2Cl)n1. The Hall–Kier alpha value is -1.90. The number of benzene rings is 1. The lowest BCUT2D eigenvalue weighted by atomic mass is 10.2. The van der Waals surface area contributed by atoms with Gasteiger partial charge in [0.2, 0.25) is 11.8 Å². The molecular formula is C14H15ClN2O5S. The molecule has 1 heterocycles. The van der Waals surface area contributed by atoms with Crippen molar-refractivity contribution >= 4 is 21.7 Å². The van der Waals surface area contributed by atoms with Crippen LogP contribution in [0.4, 0.5) is 0 Å². The average molecular weight is 359 g/mol. The third kappa shape index (κ3) is 4.31. The molecule has 2 aromatic rings. The molecule has 0 saturated carbocycles. The molecule has 0 aliphatic rings. The summed E-state index contributed by atoms with van der Waals surface area (Å²) in [6.45, 7) is 1.43. The van der Waals surface area contributed by atoms with Crippen LogP contribution < -0.4 is 9.47 Å². The van der Waals surface area contributed by atoms with E-state index in [-0.39, 0.29) is 34.1 Å². The average Bonchev–Trinajstić information content (AvgIpc) is 2.52. The van der Waals surface area contributed by atoms with E-state index in [9.17, 15) is 8.42 Å². The van der Waals surface area contributed by atoms with E-state index in [1.165, 1.54) is 26.4 Å². The van der Waals surface area contributed by atoms with Gasteiger partial charge in [-0.1, -0.05) is 17.7 Å². The van der Waals surface area contributed by atoms with Gasteiger partial charge in [0.25, 0.3) is 10.1 Å². The van der Waals surface area contributed by atoms with Crippen LogP contribution in [-0.2, 0) is 20.9 Å². The Morgan fingerprint density at radius 1 is 1.09 bits per heavy atom. The smallest absolute Gasteiger partial charge is 0.298 e. The van der Waals surface area contributed by atoms with Crippen molar-refractivity contribution in [2.45, 2.75) is 18.4 Å². The molecule has 0 saturated heterocycles. The van der Waals surface area contributed by atoms with Gasteiger partial charge in [-0.3, -0.25) is 4.18 Å². The molecule has 7 nitrogen and oxygen atoms in total. The van der Waals surface area contributed by atoms with Crippen LogP contribution in [-0.4, -0.2) is 32.6 Å². The van der Waals surface area contributed by atoms with Crippen LogP contribution in [0.3, 0.4) is 0 Å². The molecule has 1 aromatic carbocycles. The maximum atomic E-state index is 12.2. The zero-order chi connectivity index (χ0) is 17.0. The summed E-state index contributed by atoms with van der Waals surface area (Å²) in [5.41, 5.74) is 0.842. The monoisotopic (exact) mass is 358 g/mol. The van der Waals surface area contributed by atoms with Crippen LogP contribution in [0, 0.1) is 6.92 Å². The lowest BCUT2D eigenvalue weighted by Crippen LogP contribution is -2.10. The van der Waals surface area contributed by atoms with E-state index in [0.717, 1.165) is 5.56 Å². The summed E-state index contributed by atoms with van der Waals surface area (Å²) < 4.78 is 39.4. The standard InChI is InChI=1S/C14H15ClN2O5S/c1-9-4-5-11(10(15)6-9)23(18,19)22-8-12-16-13(20-2)7-14(17-12)21-3/h4-7H,8H2,1-3H3. The Morgan fingerprint density at radius 2 is 1.70 bits per heavy atom. The van der Waals surface area contributed by atoms with Crippen molar-refractivity contribution < 1.29 is 22.1 Å². The third-order valence-corrected chi connectivity index (χ3v) is 4.59. The fraction of sp³-hybridized carbons (Fsp3) is 0.286. The Kier molecular flexibility index (Phi) is 5.40. The van der Waals surface area contributed by atoms with Gasteiger partial charge in [-0.2, -0.15) is 18.4 Å². The molecule has 0 aliphatic carbocycles. The van der Waals surface area contributed by atoms with Gasteiger partial charge >= 0.3 is 0 Å². The highest BCUT2D eigenvalue weighted by Gasteiger charge is 2.20. The maximum Gasteiger partial charge on any atom is 0.298 e. The molecule has 0 fully saturated rings. The Labute approximate surface area is 139 Å². The molecule has 0 spiro atoms. The molecule has 23 heavy (non-hydrogen) atoms. The zero-order valence-corrected chi connectivity index (χ0v) is 14.3. The van der Waals surface area contributed by atoms with E-state index in [0.29, 0.717) is 0 Å². The summed E-state index contributed by atoms with van der Waals surface area (Å²) in [5.74, 6) is 0.579. The van der Waals surface area contributed by atoms with Crippen molar-refractivity contribution in [1.29, 1.82) is 0 Å². The van der Waals surface area contributed by atoms with Crippen molar-refractivity contribution in [2.24, 2.45) is 0 Å². The van der Waals surface area contributed by atoms with Crippen LogP contribution in [0.25, 0.3) is 0 Å². The second kappa shape index (κ2) is 7.12. The molecule has 9 heteroatoms. The largest absolute Gasteiger partial charge is 0.481 e. The lowest BCUT2D eigenvalue weighted by Gasteiger charge is -2.09. The van der Waals surface area contributed by atoms with Crippen molar-refractivity contribution in [3.05, 3.63) is 40.7 Å². The molecule has 0 bridgehead atoms. The number of rotatable bonds is 6. The summed E-state index contributed by atoms with van der Waals surface area (Å²) in [6.07, 6.45) is 0. The minimum absolute atomic E-state index is 0.0918. The molecule has 0 aliphatic heterocycles. The molecule has 0 atom stereocenters. The molecule has 2 rings (SSSR count). The van der Waals surface area contributed by atoms with Crippen molar-refractivity contribution in [2.75, 3.05) is 14.2 Å². The first-order chi connectivity index (χ1) is 10.9. The number of aromatic nitrogens is 2. The molecule has 1 aromatic heterocycles. The van der Waals surface area contributed by atoms with Crippen molar-refractivity contribution in [3.8, 4) is 11.8 Å². The van der Waals surface area contributed by atoms with Gasteiger partial charge in [0.1, 0.15) is 11.5 Å². The highest BCUT2D eigenvalue weighted by atomic mass is 35.5. The predicted molar refractivity (Wildman–Crippen MR) is 83.3 cm³/mol. The van der Waals surface area contributed by atoms with Crippen LogP contribution in [0.2, 0.25) is 5.02 Å². The van der Waals surface area contributed by atoms with Crippen LogP contribution in [0.5, 0.6) is 11.8 Å². The second-order valence-electron chi connectivity index (χ2n) is 4.52. The molecule has 0 radical (unpaired) electrons. The summed E-state index contributed by atoms with van der Waals surface area (Å²) in [5, 5.41) is 0.0918. The number of halogens is 1. The van der Waals surface area contributed by atoms with Gasteiger partial charge in [-0.15, -0.1) is 0 Å². The Bertz CT molecular complexity index is 789. The van der Waals surface area contributed by atoms with Gasteiger partial charge in [-0.25, -0.2) is 0 Å². The summed E-state index contributed by atoms with van der Waals surface area (Å²) in [4.78, 5) is 7.88. The fourth-order valence-corrected chi connectivity index (χ4v) is 3.16. The Balaban J connectivity index is 2.22. The molecule has 0 unspecified atom stereocenters. The summed E-state index contributed by atoms with van der Waals surface area (Å²) in [7, 11) is -1.19. The summed E-state index contributed by atoms with van der Waals surface area (Å²) in [6, 6.07) is 6.03. The predicted octanol–water partition coefficient (Wildman–Crippen LogP) is 2.36. The first-order valence-corrected chi connectivity index (χ1v) is 8.26. The first kappa shape index (κ1) is 17.5. The number of hydrogen-bond donors (Lipinski definition) is 0. The van der Waals surface area contributed by atoms with Crippen LogP contribution in [0.15, 0.2) is 29.2 Å². The zero-order valence-electron chi connectivity index (χ0n) is 12.7. The topological polar surface area (TPSA) is 87.6 Å². The number of ether oxygens (including phenoxy) is 2. The molecular weight excluding hydrogens is 344 g/mol. The Morgan fingerprint density at radius 3 is 2.22 bits per heavy atom. The van der Waals surface area contributed by atoms with Crippen LogP contribution >= 0.6 is 11.6 Å². The summed E-state index contributed by atoms with van der Waals surface area (Å²) >= 11 is 5.96. The van der Waals surface area contributed by atoms with Crippen LogP contribution in [0.1, 0.15) is 11.4 Å². The van der Waals surface area contributed by atoms with Gasteiger partial charge in [0.05, 0.1) is 25.3 Å². The highest BCUT2D eigenvalue weighted by Crippen LogP contribution is 2.25. The minimum Gasteiger partial charge on any atom is -0.481 e. The maximum absolute atomic E-state index is 12.2. The van der Waals surface area contributed by atoms with Crippen molar-refractivity contribution in [3.63, 3.8) is 0 Å². The van der Waals surface area contributed by atoms with E-state index in [1.807, 2.05) is 0 Å². The van der Waals surface area contributed by atoms with E-state index in [4.69, 9.17) is 25.3 Å². The lowest BCUT2D eigenvalue weighted by molar-refractivity contribution is 0.290. The third-order valence-electron chi connectivity index (χ3n) is 2.84. The number of aryl methyl sites for hydroxylation is 1. The van der Waals surface area contributed by atoms with Crippen molar-refractivity contribution in [1.82, 2.24) is 9.97 Å². The quantitative estimate of drug-likeness (QED) is 0.732. The van der Waals surface area contributed by atoms with E-state index in [1.54, 1.807) is 19.1 Å². The molecule has 124 valence electrons. The van der Waals surface area contributed by atoms with Gasteiger partial charge < -0.3 is 9.47 Å².